The smallest absolute Gasteiger partial charge is 0.0926 e. The summed E-state index contributed by atoms with van der Waals surface area (Å²) in [5, 5.41) is 11.8. The molecular weight excluding hydrogens is 136 g/mol. The number of hydrogen-bond donors (Lipinski definition) is 1. The quantitative estimate of drug-likeness (QED) is 0.607. The van der Waals surface area contributed by atoms with Crippen LogP contribution in [-0.2, 0) is 0 Å². The molecule has 0 aromatic carbocycles. The van der Waals surface area contributed by atoms with Gasteiger partial charge in [-0.15, -0.1) is 0 Å². The van der Waals surface area contributed by atoms with Crippen molar-refractivity contribution in [3.63, 3.8) is 0 Å². The molecule has 0 aromatic heterocycles. The highest BCUT2D eigenvalue weighted by Gasteiger charge is 2.11. The Morgan fingerprint density at radius 2 is 2.45 bits per heavy atom. The standard InChI is InChI=1S/C9H14N2/c1-8(7-10)11-9-5-3-2-4-6-9/h2-3,8-9,11H,4-6H2,1H3. The molecule has 0 bridgehead atoms. The number of allylic oxidation sites excluding steroid dienone is 1. The van der Waals surface area contributed by atoms with Crippen molar-refractivity contribution in [2.45, 2.75) is 38.3 Å². The predicted molar refractivity (Wildman–Crippen MR) is 45.0 cm³/mol. The fraction of sp³-hybridized carbons (Fsp3) is 0.667. The molecular formula is C9H14N2. The van der Waals surface area contributed by atoms with Crippen LogP contribution >= 0.6 is 0 Å². The van der Waals surface area contributed by atoms with Crippen LogP contribution in [0.2, 0.25) is 0 Å². The molecule has 60 valence electrons. The summed E-state index contributed by atoms with van der Waals surface area (Å²) in [4.78, 5) is 0. The topological polar surface area (TPSA) is 35.8 Å². The van der Waals surface area contributed by atoms with Crippen molar-refractivity contribution < 1.29 is 0 Å². The molecule has 0 spiro atoms. The summed E-state index contributed by atoms with van der Waals surface area (Å²) < 4.78 is 0. The van der Waals surface area contributed by atoms with Crippen molar-refractivity contribution in [2.75, 3.05) is 0 Å². The van der Waals surface area contributed by atoms with Gasteiger partial charge in [0.05, 0.1) is 12.1 Å². The highest BCUT2D eigenvalue weighted by Crippen LogP contribution is 2.10. The first-order chi connectivity index (χ1) is 5.33. The molecule has 0 aromatic rings. The first-order valence-corrected chi connectivity index (χ1v) is 4.13. The summed E-state index contributed by atoms with van der Waals surface area (Å²) in [7, 11) is 0. The average molecular weight is 150 g/mol. The van der Waals surface area contributed by atoms with Crippen molar-refractivity contribution in [3.05, 3.63) is 12.2 Å². The zero-order chi connectivity index (χ0) is 8.10. The van der Waals surface area contributed by atoms with E-state index in [9.17, 15) is 0 Å². The molecule has 0 aliphatic heterocycles. The van der Waals surface area contributed by atoms with Crippen LogP contribution in [0.25, 0.3) is 0 Å². The molecule has 2 heteroatoms. The van der Waals surface area contributed by atoms with Gasteiger partial charge in [0.15, 0.2) is 0 Å². The maximum absolute atomic E-state index is 8.53. The Bertz CT molecular complexity index is 178. The molecule has 0 radical (unpaired) electrons. The summed E-state index contributed by atoms with van der Waals surface area (Å²) in [6.45, 7) is 1.90. The first kappa shape index (κ1) is 8.29. The van der Waals surface area contributed by atoms with E-state index in [-0.39, 0.29) is 6.04 Å². The molecule has 1 N–H and O–H groups in total. The molecule has 11 heavy (non-hydrogen) atoms. The molecule has 0 fully saturated rings. The van der Waals surface area contributed by atoms with E-state index in [1.54, 1.807) is 0 Å². The van der Waals surface area contributed by atoms with Crippen LogP contribution in [-0.4, -0.2) is 12.1 Å². The Morgan fingerprint density at radius 1 is 1.64 bits per heavy atom. The lowest BCUT2D eigenvalue weighted by molar-refractivity contribution is 0.456. The van der Waals surface area contributed by atoms with E-state index in [4.69, 9.17) is 5.26 Å². The van der Waals surface area contributed by atoms with Gasteiger partial charge in [0.2, 0.25) is 0 Å². The second-order valence-electron chi connectivity index (χ2n) is 3.00. The van der Waals surface area contributed by atoms with Crippen molar-refractivity contribution in [3.8, 4) is 6.07 Å². The maximum Gasteiger partial charge on any atom is 0.0926 e. The SMILES string of the molecule is CC(C#N)NC1CC=CCC1. The van der Waals surface area contributed by atoms with Crippen molar-refractivity contribution in [1.29, 1.82) is 5.26 Å². The maximum atomic E-state index is 8.53. The van der Waals surface area contributed by atoms with Crippen LogP contribution in [0.3, 0.4) is 0 Å². The van der Waals surface area contributed by atoms with Gasteiger partial charge in [0, 0.05) is 6.04 Å². The summed E-state index contributed by atoms with van der Waals surface area (Å²) in [6.07, 6.45) is 7.78. The fourth-order valence-corrected chi connectivity index (χ4v) is 1.34. The van der Waals surface area contributed by atoms with Gasteiger partial charge in [-0.05, 0) is 26.2 Å². The summed E-state index contributed by atoms with van der Waals surface area (Å²) in [5.74, 6) is 0. The molecule has 2 unspecified atom stereocenters. The van der Waals surface area contributed by atoms with E-state index in [2.05, 4.69) is 23.5 Å². The fourth-order valence-electron chi connectivity index (χ4n) is 1.34. The second-order valence-corrected chi connectivity index (χ2v) is 3.00. The molecule has 0 saturated heterocycles. The lowest BCUT2D eigenvalue weighted by Gasteiger charge is -2.20. The molecule has 2 nitrogen and oxygen atoms in total. The molecule has 0 saturated carbocycles. The van der Waals surface area contributed by atoms with E-state index < -0.39 is 0 Å². The number of hydrogen-bond acceptors (Lipinski definition) is 2. The Balaban J connectivity index is 2.27. The Labute approximate surface area is 67.9 Å². The third-order valence-electron chi connectivity index (χ3n) is 1.95. The largest absolute Gasteiger partial charge is 0.299 e. The second kappa shape index (κ2) is 4.15. The highest BCUT2D eigenvalue weighted by molar-refractivity contribution is 4.96. The van der Waals surface area contributed by atoms with E-state index in [1.165, 1.54) is 6.42 Å². The van der Waals surface area contributed by atoms with Crippen LogP contribution in [0, 0.1) is 11.3 Å². The minimum absolute atomic E-state index is 0.00787. The first-order valence-electron chi connectivity index (χ1n) is 4.13. The van der Waals surface area contributed by atoms with Gasteiger partial charge >= 0.3 is 0 Å². The van der Waals surface area contributed by atoms with E-state index in [0.717, 1.165) is 12.8 Å². The molecule has 0 amide bonds. The van der Waals surface area contributed by atoms with Crippen molar-refractivity contribution in [2.24, 2.45) is 0 Å². The number of rotatable bonds is 2. The van der Waals surface area contributed by atoms with Gasteiger partial charge < -0.3 is 0 Å². The van der Waals surface area contributed by atoms with Gasteiger partial charge in [-0.2, -0.15) is 5.26 Å². The zero-order valence-corrected chi connectivity index (χ0v) is 6.88. The minimum Gasteiger partial charge on any atom is -0.299 e. The number of nitrogens with zero attached hydrogens (tertiary/aromatic N) is 1. The third-order valence-corrected chi connectivity index (χ3v) is 1.95. The molecule has 1 aliphatic rings. The highest BCUT2D eigenvalue weighted by atomic mass is 14.9. The van der Waals surface area contributed by atoms with Crippen molar-refractivity contribution in [1.82, 2.24) is 5.32 Å². The third kappa shape index (κ3) is 2.73. The van der Waals surface area contributed by atoms with Crippen LogP contribution in [0.15, 0.2) is 12.2 Å². The van der Waals surface area contributed by atoms with Gasteiger partial charge in [-0.3, -0.25) is 5.32 Å². The monoisotopic (exact) mass is 150 g/mol. The summed E-state index contributed by atoms with van der Waals surface area (Å²) in [6, 6.07) is 2.69. The zero-order valence-electron chi connectivity index (χ0n) is 6.88. The predicted octanol–water partition coefficient (Wildman–Crippen LogP) is 1.60. The number of nitrogens with one attached hydrogen (secondary N) is 1. The van der Waals surface area contributed by atoms with Gasteiger partial charge in [0.25, 0.3) is 0 Å². The van der Waals surface area contributed by atoms with Crippen LogP contribution < -0.4 is 5.32 Å². The minimum atomic E-state index is -0.00787. The van der Waals surface area contributed by atoms with Gasteiger partial charge in [-0.1, -0.05) is 12.2 Å². The summed E-state index contributed by atoms with van der Waals surface area (Å²) in [5.41, 5.74) is 0. The molecule has 1 aliphatic carbocycles. The Kier molecular flexibility index (Phi) is 3.13. The normalized spacial score (nSPS) is 26.0. The lowest BCUT2D eigenvalue weighted by Crippen LogP contribution is -2.35. The van der Waals surface area contributed by atoms with E-state index >= 15 is 0 Å². The average Bonchev–Trinajstić information content (AvgIpc) is 2.06. The Morgan fingerprint density at radius 3 is 3.00 bits per heavy atom. The van der Waals surface area contributed by atoms with Crippen LogP contribution in [0.1, 0.15) is 26.2 Å². The van der Waals surface area contributed by atoms with Gasteiger partial charge in [0.1, 0.15) is 0 Å². The van der Waals surface area contributed by atoms with E-state index in [1.807, 2.05) is 6.92 Å². The number of nitriles is 1. The molecule has 0 heterocycles. The molecule has 2 atom stereocenters. The molecule has 1 rings (SSSR count). The van der Waals surface area contributed by atoms with Crippen LogP contribution in [0.4, 0.5) is 0 Å². The van der Waals surface area contributed by atoms with Crippen molar-refractivity contribution >= 4 is 0 Å². The van der Waals surface area contributed by atoms with Gasteiger partial charge in [-0.25, -0.2) is 0 Å². The van der Waals surface area contributed by atoms with Crippen LogP contribution in [0.5, 0.6) is 0 Å². The Hall–Kier alpha value is -0.810. The van der Waals surface area contributed by atoms with E-state index in [0.29, 0.717) is 6.04 Å². The lowest BCUT2D eigenvalue weighted by atomic mass is 10.0. The summed E-state index contributed by atoms with van der Waals surface area (Å²) >= 11 is 0.